The Balaban J connectivity index is 1.79. The SMILES string of the molecule is CCOP(CCN1CCN(c2cc(N)nc(C)n2)CC1)OCC. The molecule has 1 aromatic rings. The van der Waals surface area contributed by atoms with Crippen molar-refractivity contribution in [3.8, 4) is 0 Å². The molecule has 8 heteroatoms. The summed E-state index contributed by atoms with van der Waals surface area (Å²) in [6.45, 7) is 12.3. The molecule has 1 aliphatic heterocycles. The first kappa shape index (κ1) is 18.3. The van der Waals surface area contributed by atoms with Crippen molar-refractivity contribution in [2.24, 2.45) is 0 Å². The van der Waals surface area contributed by atoms with Crippen molar-refractivity contribution in [3.05, 3.63) is 11.9 Å². The number of anilines is 2. The van der Waals surface area contributed by atoms with Crippen LogP contribution in [-0.4, -0.2) is 67.0 Å². The van der Waals surface area contributed by atoms with Crippen molar-refractivity contribution >= 4 is 20.0 Å². The van der Waals surface area contributed by atoms with E-state index in [2.05, 4.69) is 19.8 Å². The third-order valence-corrected chi connectivity index (χ3v) is 5.34. The predicted molar refractivity (Wildman–Crippen MR) is 94.9 cm³/mol. The number of hydrogen-bond acceptors (Lipinski definition) is 7. The number of rotatable bonds is 8. The van der Waals surface area contributed by atoms with Gasteiger partial charge in [-0.05, 0) is 20.8 Å². The maximum atomic E-state index is 5.82. The molecule has 0 unspecified atom stereocenters. The second kappa shape index (κ2) is 9.33. The maximum Gasteiger partial charge on any atom is 0.171 e. The highest BCUT2D eigenvalue weighted by Gasteiger charge is 2.20. The summed E-state index contributed by atoms with van der Waals surface area (Å²) in [5.41, 5.74) is 5.82. The van der Waals surface area contributed by atoms with Crippen molar-refractivity contribution in [2.75, 3.05) is 62.7 Å². The summed E-state index contributed by atoms with van der Waals surface area (Å²) in [5, 5.41) is 0. The number of aromatic nitrogens is 2. The van der Waals surface area contributed by atoms with Crippen LogP contribution in [-0.2, 0) is 9.05 Å². The molecule has 2 N–H and O–H groups in total. The van der Waals surface area contributed by atoms with Gasteiger partial charge < -0.3 is 19.7 Å². The van der Waals surface area contributed by atoms with E-state index in [4.69, 9.17) is 14.8 Å². The first-order valence-corrected chi connectivity index (χ1v) is 9.60. The second-order valence-electron chi connectivity index (χ2n) is 5.42. The van der Waals surface area contributed by atoms with Crippen molar-refractivity contribution < 1.29 is 9.05 Å². The zero-order chi connectivity index (χ0) is 16.7. The van der Waals surface area contributed by atoms with Crippen LogP contribution in [0.3, 0.4) is 0 Å². The van der Waals surface area contributed by atoms with Crippen molar-refractivity contribution in [2.45, 2.75) is 20.8 Å². The highest BCUT2D eigenvalue weighted by atomic mass is 31.2. The topological polar surface area (TPSA) is 76.7 Å². The first-order valence-electron chi connectivity index (χ1n) is 8.24. The number of nitrogen functional groups attached to an aromatic ring is 1. The maximum absolute atomic E-state index is 5.82. The minimum Gasteiger partial charge on any atom is -0.384 e. The van der Waals surface area contributed by atoms with Crippen LogP contribution in [0.5, 0.6) is 0 Å². The Bertz CT molecular complexity index is 457. The van der Waals surface area contributed by atoms with Crippen molar-refractivity contribution in [1.29, 1.82) is 0 Å². The largest absolute Gasteiger partial charge is 0.384 e. The Kier molecular flexibility index (Phi) is 7.43. The lowest BCUT2D eigenvalue weighted by molar-refractivity contribution is 0.246. The average Bonchev–Trinajstić information content (AvgIpc) is 2.52. The fourth-order valence-electron chi connectivity index (χ4n) is 2.61. The highest BCUT2D eigenvalue weighted by Crippen LogP contribution is 2.37. The minimum atomic E-state index is -0.742. The minimum absolute atomic E-state index is 0.536. The lowest BCUT2D eigenvalue weighted by Gasteiger charge is -2.35. The smallest absolute Gasteiger partial charge is 0.171 e. The third-order valence-electron chi connectivity index (χ3n) is 3.69. The zero-order valence-corrected chi connectivity index (χ0v) is 15.3. The Morgan fingerprint density at radius 1 is 1.13 bits per heavy atom. The monoisotopic (exact) mass is 341 g/mol. The van der Waals surface area contributed by atoms with E-state index in [1.54, 1.807) is 0 Å². The standard InChI is InChI=1S/C15H28N5O2P/c1-4-21-23(22-5-2)11-10-19-6-8-20(9-7-19)15-12-14(16)17-13(3)18-15/h12H,4-11H2,1-3H3,(H2,16,17,18). The van der Waals surface area contributed by atoms with E-state index in [1.165, 1.54) is 0 Å². The van der Waals surface area contributed by atoms with Crippen molar-refractivity contribution in [3.63, 3.8) is 0 Å². The first-order chi connectivity index (χ1) is 11.1. The summed E-state index contributed by atoms with van der Waals surface area (Å²) in [7, 11) is -0.742. The van der Waals surface area contributed by atoms with Gasteiger partial charge in [0.1, 0.15) is 17.5 Å². The Labute approximate surface area is 140 Å². The zero-order valence-electron chi connectivity index (χ0n) is 14.4. The predicted octanol–water partition coefficient (Wildman–Crippen LogP) is 1.87. The molecule has 130 valence electrons. The van der Waals surface area contributed by atoms with Crippen LogP contribution in [0.4, 0.5) is 11.6 Å². The molecule has 23 heavy (non-hydrogen) atoms. The van der Waals surface area contributed by atoms with E-state index in [0.29, 0.717) is 19.0 Å². The molecule has 0 radical (unpaired) electrons. The normalized spacial score (nSPS) is 16.3. The van der Waals surface area contributed by atoms with E-state index in [-0.39, 0.29) is 0 Å². The van der Waals surface area contributed by atoms with Gasteiger partial charge in [0.25, 0.3) is 0 Å². The van der Waals surface area contributed by atoms with Crippen LogP contribution in [0, 0.1) is 6.92 Å². The third kappa shape index (κ3) is 5.84. The Hall–Kier alpha value is -1.01. The van der Waals surface area contributed by atoms with E-state index in [0.717, 1.165) is 50.5 Å². The van der Waals surface area contributed by atoms with Gasteiger partial charge in [-0.1, -0.05) is 0 Å². The molecule has 7 nitrogen and oxygen atoms in total. The summed E-state index contributed by atoms with van der Waals surface area (Å²) < 4.78 is 11.3. The van der Waals surface area contributed by atoms with Crippen LogP contribution in [0.15, 0.2) is 6.07 Å². The molecule has 1 saturated heterocycles. The van der Waals surface area contributed by atoms with E-state index < -0.39 is 8.38 Å². The molecule has 1 aliphatic rings. The van der Waals surface area contributed by atoms with Crippen molar-refractivity contribution in [1.82, 2.24) is 14.9 Å². The fourth-order valence-corrected chi connectivity index (χ4v) is 3.97. The molecule has 2 rings (SSSR count). The van der Waals surface area contributed by atoms with Crippen LogP contribution < -0.4 is 10.6 Å². The molecule has 0 spiro atoms. The van der Waals surface area contributed by atoms with E-state index in [1.807, 2.05) is 26.8 Å². The molecule has 1 aromatic heterocycles. The van der Waals surface area contributed by atoms with Crippen LogP contribution in [0.1, 0.15) is 19.7 Å². The van der Waals surface area contributed by atoms with Gasteiger partial charge in [-0.3, -0.25) is 4.90 Å². The quantitative estimate of drug-likeness (QED) is 0.723. The van der Waals surface area contributed by atoms with Crippen LogP contribution in [0.2, 0.25) is 0 Å². The lowest BCUT2D eigenvalue weighted by atomic mass is 10.3. The summed E-state index contributed by atoms with van der Waals surface area (Å²) >= 11 is 0. The highest BCUT2D eigenvalue weighted by molar-refractivity contribution is 7.47. The van der Waals surface area contributed by atoms with Gasteiger partial charge >= 0.3 is 0 Å². The lowest BCUT2D eigenvalue weighted by Crippen LogP contribution is -2.47. The molecule has 1 fully saturated rings. The van der Waals surface area contributed by atoms with Gasteiger partial charge in [0, 0.05) is 45.0 Å². The van der Waals surface area contributed by atoms with Crippen LogP contribution >= 0.6 is 8.38 Å². The van der Waals surface area contributed by atoms with Gasteiger partial charge in [0.15, 0.2) is 8.38 Å². The molecular weight excluding hydrogens is 313 g/mol. The number of hydrogen-bond donors (Lipinski definition) is 1. The number of aryl methyl sites for hydroxylation is 1. The number of piperazine rings is 1. The van der Waals surface area contributed by atoms with Gasteiger partial charge in [-0.15, -0.1) is 0 Å². The average molecular weight is 341 g/mol. The molecule has 0 amide bonds. The molecular formula is C15H28N5O2P. The fraction of sp³-hybridized carbons (Fsp3) is 0.733. The van der Waals surface area contributed by atoms with Gasteiger partial charge in [-0.25, -0.2) is 9.97 Å². The summed E-state index contributed by atoms with van der Waals surface area (Å²) in [6, 6.07) is 1.85. The molecule has 0 aliphatic carbocycles. The van der Waals surface area contributed by atoms with Crippen LogP contribution in [0.25, 0.3) is 0 Å². The number of nitrogens with two attached hydrogens (primary N) is 1. The van der Waals surface area contributed by atoms with E-state index >= 15 is 0 Å². The molecule has 0 saturated carbocycles. The Morgan fingerprint density at radius 3 is 2.35 bits per heavy atom. The summed E-state index contributed by atoms with van der Waals surface area (Å²) in [5.74, 6) is 2.19. The molecule has 0 atom stereocenters. The molecule has 0 aromatic carbocycles. The molecule has 2 heterocycles. The van der Waals surface area contributed by atoms with Gasteiger partial charge in [-0.2, -0.15) is 0 Å². The van der Waals surface area contributed by atoms with E-state index in [9.17, 15) is 0 Å². The Morgan fingerprint density at radius 2 is 1.78 bits per heavy atom. The number of nitrogens with zero attached hydrogens (tertiary/aromatic N) is 4. The summed E-state index contributed by atoms with van der Waals surface area (Å²) in [6.07, 6.45) is 0.969. The van der Waals surface area contributed by atoms with Gasteiger partial charge in [0.05, 0.1) is 13.2 Å². The second-order valence-corrected chi connectivity index (χ2v) is 7.05. The summed E-state index contributed by atoms with van der Waals surface area (Å²) in [4.78, 5) is 13.3. The molecule has 0 bridgehead atoms. The van der Waals surface area contributed by atoms with Gasteiger partial charge in [0.2, 0.25) is 0 Å².